The molecule has 1 aromatic heterocycles. The highest BCUT2D eigenvalue weighted by Gasteiger charge is 2.25. The first-order chi connectivity index (χ1) is 9.29. The Kier molecular flexibility index (Phi) is 5.83. The number of aromatic nitrogens is 1. The van der Waals surface area contributed by atoms with Gasteiger partial charge in [0.2, 0.25) is 5.91 Å². The van der Waals surface area contributed by atoms with Crippen LogP contribution < -0.4 is 5.32 Å². The summed E-state index contributed by atoms with van der Waals surface area (Å²) in [5, 5.41) is 5.96. The van der Waals surface area contributed by atoms with Gasteiger partial charge in [-0.05, 0) is 31.6 Å². The zero-order valence-electron chi connectivity index (χ0n) is 11.7. The number of nitrogens with zero attached hydrogens (tertiary/aromatic N) is 1. The van der Waals surface area contributed by atoms with Crippen LogP contribution in [0.5, 0.6) is 0 Å². The molecule has 0 aliphatic heterocycles. The Hall–Kier alpha value is -0.900. The van der Waals surface area contributed by atoms with Crippen LogP contribution >= 0.6 is 11.3 Å². The monoisotopic (exact) mass is 280 g/mol. The second-order valence-corrected chi connectivity index (χ2v) is 6.48. The molecule has 0 radical (unpaired) electrons. The van der Waals surface area contributed by atoms with Gasteiger partial charge in [-0.3, -0.25) is 4.79 Å². The average Bonchev–Trinajstić information content (AvgIpc) is 2.96. The summed E-state index contributed by atoms with van der Waals surface area (Å²) >= 11 is 1.60. The summed E-state index contributed by atoms with van der Waals surface area (Å²) in [5.41, 5.74) is 0. The van der Waals surface area contributed by atoms with Crippen LogP contribution in [0.4, 0.5) is 0 Å². The fourth-order valence-corrected chi connectivity index (χ4v) is 3.41. The number of carbonyl (C=O) groups is 1. The number of rotatable bonds is 6. The van der Waals surface area contributed by atoms with Gasteiger partial charge >= 0.3 is 0 Å². The molecule has 4 heteroatoms. The number of thiazole rings is 1. The number of amides is 1. The summed E-state index contributed by atoms with van der Waals surface area (Å²) < 4.78 is 0. The van der Waals surface area contributed by atoms with Crippen LogP contribution in [0.3, 0.4) is 0 Å². The molecule has 0 spiro atoms. The van der Waals surface area contributed by atoms with Crippen LogP contribution in [-0.4, -0.2) is 10.9 Å². The summed E-state index contributed by atoms with van der Waals surface area (Å²) in [4.78, 5) is 16.3. The van der Waals surface area contributed by atoms with Gasteiger partial charge in [-0.2, -0.15) is 0 Å². The lowest BCUT2D eigenvalue weighted by molar-refractivity contribution is -0.126. The smallest absolute Gasteiger partial charge is 0.223 e. The second kappa shape index (κ2) is 7.63. The third-order valence-electron chi connectivity index (χ3n) is 4.08. The van der Waals surface area contributed by atoms with E-state index >= 15 is 0 Å². The standard InChI is InChI=1S/C15H24N2OS/c1-2-3-4-12-5-7-13(8-6-12)15(18)17-11-14-16-9-10-19-14/h9-10,12-13H,2-8,11H2,1H3,(H,17,18). The molecule has 1 N–H and O–H groups in total. The lowest BCUT2D eigenvalue weighted by atomic mass is 9.79. The molecular weight excluding hydrogens is 256 g/mol. The normalized spacial score (nSPS) is 23.2. The molecule has 0 unspecified atom stereocenters. The first-order valence-electron chi connectivity index (χ1n) is 7.45. The van der Waals surface area contributed by atoms with Crippen molar-refractivity contribution in [2.75, 3.05) is 0 Å². The van der Waals surface area contributed by atoms with Crippen molar-refractivity contribution >= 4 is 17.2 Å². The molecule has 3 nitrogen and oxygen atoms in total. The predicted octanol–water partition coefficient (Wildman–Crippen LogP) is 3.76. The van der Waals surface area contributed by atoms with Gasteiger partial charge in [-0.25, -0.2) is 4.98 Å². The summed E-state index contributed by atoms with van der Waals surface area (Å²) in [6, 6.07) is 0. The molecule has 19 heavy (non-hydrogen) atoms. The minimum atomic E-state index is 0.226. The third-order valence-corrected chi connectivity index (χ3v) is 4.86. The maximum Gasteiger partial charge on any atom is 0.223 e. The second-order valence-electron chi connectivity index (χ2n) is 5.50. The van der Waals surface area contributed by atoms with Gasteiger partial charge in [-0.15, -0.1) is 11.3 Å². The molecule has 1 aromatic rings. The third kappa shape index (κ3) is 4.60. The lowest BCUT2D eigenvalue weighted by Crippen LogP contribution is -2.32. The molecule has 1 amide bonds. The van der Waals surface area contributed by atoms with Gasteiger partial charge in [0.1, 0.15) is 5.01 Å². The largest absolute Gasteiger partial charge is 0.349 e. The van der Waals surface area contributed by atoms with Crippen LogP contribution in [0.15, 0.2) is 11.6 Å². The Balaban J connectivity index is 1.67. The number of carbonyl (C=O) groups excluding carboxylic acids is 1. The van der Waals surface area contributed by atoms with Crippen molar-refractivity contribution in [1.29, 1.82) is 0 Å². The first-order valence-corrected chi connectivity index (χ1v) is 8.33. The average molecular weight is 280 g/mol. The highest BCUT2D eigenvalue weighted by molar-refractivity contribution is 7.09. The number of nitrogens with one attached hydrogen (secondary N) is 1. The minimum Gasteiger partial charge on any atom is -0.349 e. The van der Waals surface area contributed by atoms with Crippen LogP contribution in [0.2, 0.25) is 0 Å². The zero-order chi connectivity index (χ0) is 13.5. The minimum absolute atomic E-state index is 0.226. The van der Waals surface area contributed by atoms with E-state index in [2.05, 4.69) is 17.2 Å². The van der Waals surface area contributed by atoms with E-state index in [9.17, 15) is 4.79 Å². The Bertz CT molecular complexity index is 370. The summed E-state index contributed by atoms with van der Waals surface area (Å²) in [5.74, 6) is 1.32. The Morgan fingerprint density at radius 1 is 1.42 bits per heavy atom. The van der Waals surface area contributed by atoms with Crippen LogP contribution in [-0.2, 0) is 11.3 Å². The molecule has 2 rings (SSSR count). The van der Waals surface area contributed by atoms with Gasteiger partial charge in [-0.1, -0.05) is 26.2 Å². The Labute approximate surface area is 119 Å². The summed E-state index contributed by atoms with van der Waals surface area (Å²) in [6.07, 6.45) is 10.4. The van der Waals surface area contributed by atoms with Crippen molar-refractivity contribution in [3.8, 4) is 0 Å². The molecule has 1 saturated carbocycles. The van der Waals surface area contributed by atoms with E-state index < -0.39 is 0 Å². The highest BCUT2D eigenvalue weighted by atomic mass is 32.1. The maximum atomic E-state index is 12.1. The lowest BCUT2D eigenvalue weighted by Gasteiger charge is -2.27. The van der Waals surface area contributed by atoms with Crippen LogP contribution in [0, 0.1) is 11.8 Å². The van der Waals surface area contributed by atoms with Crippen molar-refractivity contribution in [3.63, 3.8) is 0 Å². The zero-order valence-corrected chi connectivity index (χ0v) is 12.5. The number of hydrogen-bond donors (Lipinski definition) is 1. The van der Waals surface area contributed by atoms with Crippen LogP contribution in [0.25, 0.3) is 0 Å². The fraction of sp³-hybridized carbons (Fsp3) is 0.733. The highest BCUT2D eigenvalue weighted by Crippen LogP contribution is 2.31. The molecule has 1 heterocycles. The number of unbranched alkanes of at least 4 members (excludes halogenated alkanes) is 1. The molecule has 106 valence electrons. The molecule has 0 saturated heterocycles. The van der Waals surface area contributed by atoms with E-state index in [-0.39, 0.29) is 11.8 Å². The Morgan fingerprint density at radius 3 is 2.84 bits per heavy atom. The van der Waals surface area contributed by atoms with E-state index in [4.69, 9.17) is 0 Å². The molecular formula is C15H24N2OS. The molecule has 1 fully saturated rings. The van der Waals surface area contributed by atoms with Crippen molar-refractivity contribution in [2.45, 2.75) is 58.4 Å². The van der Waals surface area contributed by atoms with Crippen LogP contribution in [0.1, 0.15) is 56.9 Å². The fourth-order valence-electron chi connectivity index (χ4n) is 2.85. The SMILES string of the molecule is CCCCC1CCC(C(=O)NCc2nccs2)CC1. The van der Waals surface area contributed by atoms with Gasteiger partial charge in [0.25, 0.3) is 0 Å². The molecule has 1 aliphatic carbocycles. The predicted molar refractivity (Wildman–Crippen MR) is 78.9 cm³/mol. The quantitative estimate of drug-likeness (QED) is 0.862. The summed E-state index contributed by atoms with van der Waals surface area (Å²) in [6.45, 7) is 2.84. The molecule has 0 bridgehead atoms. The number of hydrogen-bond acceptors (Lipinski definition) is 3. The first kappa shape index (κ1) is 14.5. The van der Waals surface area contributed by atoms with Crippen molar-refractivity contribution in [1.82, 2.24) is 10.3 Å². The Morgan fingerprint density at radius 2 is 2.21 bits per heavy atom. The van der Waals surface area contributed by atoms with E-state index in [1.807, 2.05) is 5.38 Å². The van der Waals surface area contributed by atoms with Gasteiger partial charge in [0.05, 0.1) is 6.54 Å². The molecule has 1 aliphatic rings. The van der Waals surface area contributed by atoms with Crippen molar-refractivity contribution in [2.24, 2.45) is 11.8 Å². The molecule has 0 aromatic carbocycles. The van der Waals surface area contributed by atoms with E-state index in [1.54, 1.807) is 17.5 Å². The van der Waals surface area contributed by atoms with E-state index in [0.29, 0.717) is 6.54 Å². The van der Waals surface area contributed by atoms with Gasteiger partial charge < -0.3 is 5.32 Å². The molecule has 0 atom stereocenters. The van der Waals surface area contributed by atoms with Crippen molar-refractivity contribution < 1.29 is 4.79 Å². The van der Waals surface area contributed by atoms with Gasteiger partial charge in [0, 0.05) is 17.5 Å². The van der Waals surface area contributed by atoms with Crippen molar-refractivity contribution in [3.05, 3.63) is 16.6 Å². The summed E-state index contributed by atoms with van der Waals surface area (Å²) in [7, 11) is 0. The van der Waals surface area contributed by atoms with Gasteiger partial charge in [0.15, 0.2) is 0 Å². The topological polar surface area (TPSA) is 42.0 Å². The van der Waals surface area contributed by atoms with E-state index in [0.717, 1.165) is 23.8 Å². The maximum absolute atomic E-state index is 12.1. The van der Waals surface area contributed by atoms with E-state index in [1.165, 1.54) is 32.1 Å².